The molecule has 0 saturated heterocycles. The van der Waals surface area contributed by atoms with Crippen molar-refractivity contribution in [1.82, 2.24) is 0 Å². The first-order chi connectivity index (χ1) is 7.11. The highest BCUT2D eigenvalue weighted by molar-refractivity contribution is 5.65. The van der Waals surface area contributed by atoms with E-state index < -0.39 is 0 Å². The number of hydrogen-bond donors (Lipinski definition) is 0. The van der Waals surface area contributed by atoms with Crippen LogP contribution in [0.2, 0.25) is 0 Å². The van der Waals surface area contributed by atoms with Crippen LogP contribution in [0.5, 0.6) is 5.75 Å². The summed E-state index contributed by atoms with van der Waals surface area (Å²) in [5.74, 6) is 0.602. The Labute approximate surface area is 90.0 Å². The fraction of sp³-hybridized carbons (Fsp3) is 0.417. The lowest BCUT2D eigenvalue weighted by Gasteiger charge is -2.11. The van der Waals surface area contributed by atoms with Crippen LogP contribution in [-0.4, -0.2) is 19.2 Å². The minimum absolute atomic E-state index is 0.278. The van der Waals surface area contributed by atoms with Crippen LogP contribution in [0.1, 0.15) is 18.1 Å². The number of rotatable bonds is 4. The lowest BCUT2D eigenvalue weighted by atomic mass is 10.1. The van der Waals surface area contributed by atoms with Crippen LogP contribution >= 0.6 is 0 Å². The molecule has 0 aromatic heterocycles. The molecule has 3 heteroatoms. The molecule has 15 heavy (non-hydrogen) atoms. The lowest BCUT2D eigenvalue weighted by Crippen LogP contribution is -2.10. The Hall–Kier alpha value is -1.51. The Morgan fingerprint density at radius 2 is 1.80 bits per heavy atom. The van der Waals surface area contributed by atoms with Gasteiger partial charge in [0.05, 0.1) is 0 Å². The average molecular weight is 208 g/mol. The summed E-state index contributed by atoms with van der Waals surface area (Å²) in [5.41, 5.74) is 2.19. The lowest BCUT2D eigenvalue weighted by molar-refractivity contribution is -0.141. The van der Waals surface area contributed by atoms with Crippen LogP contribution in [0.25, 0.3) is 0 Å². The maximum Gasteiger partial charge on any atom is 0.302 e. The van der Waals surface area contributed by atoms with Crippen LogP contribution in [0.3, 0.4) is 0 Å². The Morgan fingerprint density at radius 1 is 1.20 bits per heavy atom. The van der Waals surface area contributed by atoms with Gasteiger partial charge in [-0.3, -0.25) is 4.79 Å². The molecule has 0 atom stereocenters. The van der Waals surface area contributed by atoms with E-state index >= 15 is 0 Å². The fourth-order valence-corrected chi connectivity index (χ4v) is 1.36. The second-order valence-electron chi connectivity index (χ2n) is 3.41. The highest BCUT2D eigenvalue weighted by Gasteiger charge is 2.02. The fourth-order valence-electron chi connectivity index (χ4n) is 1.36. The molecule has 0 spiro atoms. The number of carbonyl (C=O) groups excluding carboxylic acids is 1. The van der Waals surface area contributed by atoms with Gasteiger partial charge in [-0.15, -0.1) is 0 Å². The Bertz CT molecular complexity index is 324. The predicted molar refractivity (Wildman–Crippen MR) is 58.0 cm³/mol. The molecule has 0 bridgehead atoms. The predicted octanol–water partition coefficient (Wildman–Crippen LogP) is 2.25. The van der Waals surface area contributed by atoms with Gasteiger partial charge in [-0.2, -0.15) is 0 Å². The van der Waals surface area contributed by atoms with Gasteiger partial charge in [-0.1, -0.05) is 18.2 Å². The number of ether oxygens (including phenoxy) is 2. The first-order valence-corrected chi connectivity index (χ1v) is 4.93. The summed E-state index contributed by atoms with van der Waals surface area (Å²) in [6.07, 6.45) is 0. The summed E-state index contributed by atoms with van der Waals surface area (Å²) in [4.78, 5) is 10.5. The van der Waals surface area contributed by atoms with E-state index in [4.69, 9.17) is 9.47 Å². The van der Waals surface area contributed by atoms with Crippen LogP contribution in [0.4, 0.5) is 0 Å². The molecule has 0 N–H and O–H groups in total. The molecular formula is C12H16O3. The first kappa shape index (κ1) is 11.6. The smallest absolute Gasteiger partial charge is 0.302 e. The number of hydrogen-bond acceptors (Lipinski definition) is 3. The monoisotopic (exact) mass is 208 g/mol. The van der Waals surface area contributed by atoms with Crippen molar-refractivity contribution in [3.8, 4) is 5.75 Å². The number of aryl methyl sites for hydroxylation is 2. The molecule has 0 radical (unpaired) electrons. The third-order valence-corrected chi connectivity index (χ3v) is 2.04. The van der Waals surface area contributed by atoms with E-state index in [1.165, 1.54) is 6.92 Å². The van der Waals surface area contributed by atoms with Gasteiger partial charge in [0.1, 0.15) is 19.0 Å². The summed E-state index contributed by atoms with van der Waals surface area (Å²) >= 11 is 0. The number of para-hydroxylation sites is 1. The van der Waals surface area contributed by atoms with Crippen molar-refractivity contribution >= 4 is 5.97 Å². The molecular weight excluding hydrogens is 192 g/mol. The average Bonchev–Trinajstić information content (AvgIpc) is 2.15. The molecule has 0 unspecified atom stereocenters. The number of carbonyl (C=O) groups is 1. The van der Waals surface area contributed by atoms with Gasteiger partial charge in [0.2, 0.25) is 0 Å². The molecule has 0 aliphatic heterocycles. The standard InChI is InChI=1S/C12H16O3/c1-9-5-4-6-10(2)12(9)15-8-7-14-11(3)13/h4-6H,7-8H2,1-3H3. The van der Waals surface area contributed by atoms with E-state index in [9.17, 15) is 4.79 Å². The molecule has 0 aliphatic rings. The van der Waals surface area contributed by atoms with Crippen LogP contribution in [-0.2, 0) is 9.53 Å². The molecule has 0 fully saturated rings. The molecule has 82 valence electrons. The first-order valence-electron chi connectivity index (χ1n) is 4.93. The van der Waals surface area contributed by atoms with Crippen LogP contribution in [0.15, 0.2) is 18.2 Å². The highest BCUT2D eigenvalue weighted by Crippen LogP contribution is 2.21. The zero-order valence-electron chi connectivity index (χ0n) is 9.37. The quantitative estimate of drug-likeness (QED) is 0.562. The van der Waals surface area contributed by atoms with E-state index in [2.05, 4.69) is 0 Å². The Balaban J connectivity index is 2.47. The van der Waals surface area contributed by atoms with Gasteiger partial charge < -0.3 is 9.47 Å². The SMILES string of the molecule is CC(=O)OCCOc1c(C)cccc1C. The Kier molecular flexibility index (Phi) is 4.16. The maximum absolute atomic E-state index is 10.5. The van der Waals surface area contributed by atoms with E-state index in [-0.39, 0.29) is 5.97 Å². The van der Waals surface area contributed by atoms with E-state index in [1.807, 2.05) is 32.0 Å². The molecule has 1 rings (SSSR count). The van der Waals surface area contributed by atoms with Gasteiger partial charge in [-0.05, 0) is 25.0 Å². The molecule has 0 aliphatic carbocycles. The number of esters is 1. The summed E-state index contributed by atoms with van der Waals surface area (Å²) in [5, 5.41) is 0. The molecule has 0 heterocycles. The normalized spacial score (nSPS) is 9.80. The molecule has 1 aromatic carbocycles. The zero-order valence-corrected chi connectivity index (χ0v) is 9.37. The van der Waals surface area contributed by atoms with E-state index in [0.717, 1.165) is 16.9 Å². The molecule has 0 amide bonds. The summed E-state index contributed by atoms with van der Waals surface area (Å²) in [7, 11) is 0. The van der Waals surface area contributed by atoms with Crippen molar-refractivity contribution in [2.75, 3.05) is 13.2 Å². The molecule has 1 aromatic rings. The molecule has 3 nitrogen and oxygen atoms in total. The van der Waals surface area contributed by atoms with Gasteiger partial charge in [0.25, 0.3) is 0 Å². The third kappa shape index (κ3) is 3.62. The maximum atomic E-state index is 10.5. The van der Waals surface area contributed by atoms with Crippen molar-refractivity contribution in [2.45, 2.75) is 20.8 Å². The van der Waals surface area contributed by atoms with E-state index in [1.54, 1.807) is 0 Å². The summed E-state index contributed by atoms with van der Waals surface area (Å²) < 4.78 is 10.3. The van der Waals surface area contributed by atoms with Gasteiger partial charge >= 0.3 is 5.97 Å². The largest absolute Gasteiger partial charge is 0.489 e. The molecule has 0 saturated carbocycles. The highest BCUT2D eigenvalue weighted by atomic mass is 16.6. The second-order valence-corrected chi connectivity index (χ2v) is 3.41. The van der Waals surface area contributed by atoms with Gasteiger partial charge in [0.15, 0.2) is 0 Å². The van der Waals surface area contributed by atoms with Gasteiger partial charge in [-0.25, -0.2) is 0 Å². The van der Waals surface area contributed by atoms with Crippen molar-refractivity contribution < 1.29 is 14.3 Å². The summed E-state index contributed by atoms with van der Waals surface area (Å²) in [6, 6.07) is 5.98. The third-order valence-electron chi connectivity index (χ3n) is 2.04. The van der Waals surface area contributed by atoms with Crippen LogP contribution < -0.4 is 4.74 Å². The van der Waals surface area contributed by atoms with Crippen molar-refractivity contribution in [3.63, 3.8) is 0 Å². The van der Waals surface area contributed by atoms with Gasteiger partial charge in [0, 0.05) is 6.92 Å². The van der Waals surface area contributed by atoms with Crippen LogP contribution in [0, 0.1) is 13.8 Å². The minimum Gasteiger partial charge on any atom is -0.489 e. The van der Waals surface area contributed by atoms with E-state index in [0.29, 0.717) is 13.2 Å². The van der Waals surface area contributed by atoms with Crippen molar-refractivity contribution in [1.29, 1.82) is 0 Å². The zero-order chi connectivity index (χ0) is 11.3. The van der Waals surface area contributed by atoms with Crippen molar-refractivity contribution in [2.24, 2.45) is 0 Å². The summed E-state index contributed by atoms with van der Waals surface area (Å²) in [6.45, 7) is 6.07. The topological polar surface area (TPSA) is 35.5 Å². The van der Waals surface area contributed by atoms with Crippen molar-refractivity contribution in [3.05, 3.63) is 29.3 Å². The second kappa shape index (κ2) is 5.39. The number of benzene rings is 1. The Morgan fingerprint density at radius 3 is 2.33 bits per heavy atom. The minimum atomic E-state index is -0.278.